The van der Waals surface area contributed by atoms with E-state index < -0.39 is 5.97 Å². The van der Waals surface area contributed by atoms with Gasteiger partial charge in [-0.3, -0.25) is 0 Å². The maximum absolute atomic E-state index is 11.2. The molecule has 1 aliphatic carbocycles. The van der Waals surface area contributed by atoms with Crippen molar-refractivity contribution in [1.82, 2.24) is 19.7 Å². The number of aromatic carboxylic acids is 1. The number of hydrogen-bond acceptors (Lipinski definition) is 5. The average Bonchev–Trinajstić information content (AvgIpc) is 3.44. The highest BCUT2D eigenvalue weighted by Gasteiger charge is 2.26. The van der Waals surface area contributed by atoms with Crippen LogP contribution in [0.2, 0.25) is 0 Å². The predicted octanol–water partition coefficient (Wildman–Crippen LogP) is 4.13. The Morgan fingerprint density at radius 1 is 1.07 bits per heavy atom. The number of benzene rings is 2. The predicted molar refractivity (Wildman–Crippen MR) is 105 cm³/mol. The molecule has 1 aliphatic rings. The third-order valence-corrected chi connectivity index (χ3v) is 4.77. The molecule has 0 aliphatic heterocycles. The fraction of sp³-hybridized carbons (Fsp3) is 0.143. The van der Waals surface area contributed by atoms with Crippen molar-refractivity contribution in [3.05, 3.63) is 72.1 Å². The van der Waals surface area contributed by atoms with Gasteiger partial charge in [-0.05, 0) is 49.2 Å². The first kappa shape index (κ1) is 16.4. The Labute approximate surface area is 160 Å². The molecular weight excluding hydrogens is 354 g/mol. The molecule has 2 heterocycles. The molecule has 0 bridgehead atoms. The largest absolute Gasteiger partial charge is 0.478 e. The van der Waals surface area contributed by atoms with Crippen LogP contribution < -0.4 is 5.32 Å². The van der Waals surface area contributed by atoms with E-state index in [4.69, 9.17) is 5.10 Å². The summed E-state index contributed by atoms with van der Waals surface area (Å²) in [6.45, 7) is 0. The van der Waals surface area contributed by atoms with E-state index in [9.17, 15) is 9.90 Å². The normalized spacial score (nSPS) is 13.6. The highest BCUT2D eigenvalue weighted by atomic mass is 16.4. The Kier molecular flexibility index (Phi) is 3.79. The summed E-state index contributed by atoms with van der Waals surface area (Å²) >= 11 is 0. The van der Waals surface area contributed by atoms with Gasteiger partial charge in [-0.25, -0.2) is 14.5 Å². The Balaban J connectivity index is 1.58. The van der Waals surface area contributed by atoms with E-state index in [2.05, 4.69) is 15.3 Å². The van der Waals surface area contributed by atoms with Gasteiger partial charge in [0.2, 0.25) is 5.95 Å². The molecule has 0 saturated heterocycles. The zero-order valence-corrected chi connectivity index (χ0v) is 14.9. The molecule has 138 valence electrons. The van der Waals surface area contributed by atoms with Gasteiger partial charge in [-0.1, -0.05) is 18.2 Å². The fourth-order valence-electron chi connectivity index (χ4n) is 3.20. The van der Waals surface area contributed by atoms with E-state index in [1.165, 1.54) is 12.8 Å². The first-order valence-corrected chi connectivity index (χ1v) is 9.10. The van der Waals surface area contributed by atoms with Crippen molar-refractivity contribution >= 4 is 28.5 Å². The summed E-state index contributed by atoms with van der Waals surface area (Å²) in [5.41, 5.74) is 2.69. The number of carbonyl (C=O) groups is 1. The summed E-state index contributed by atoms with van der Waals surface area (Å²) < 4.78 is 1.79. The highest BCUT2D eigenvalue weighted by molar-refractivity contribution is 5.89. The van der Waals surface area contributed by atoms with Crippen molar-refractivity contribution in [2.24, 2.45) is 0 Å². The van der Waals surface area contributed by atoms with Crippen molar-refractivity contribution < 1.29 is 9.90 Å². The molecule has 1 fully saturated rings. The van der Waals surface area contributed by atoms with Crippen LogP contribution in [0.5, 0.6) is 0 Å². The van der Waals surface area contributed by atoms with Gasteiger partial charge in [0.05, 0.1) is 16.8 Å². The number of rotatable bonds is 5. The Morgan fingerprint density at radius 3 is 2.75 bits per heavy atom. The molecular formula is C21H17N5O2. The molecule has 0 radical (unpaired) electrons. The fourth-order valence-corrected chi connectivity index (χ4v) is 3.20. The summed E-state index contributed by atoms with van der Waals surface area (Å²) in [5, 5.41) is 17.9. The van der Waals surface area contributed by atoms with Gasteiger partial charge in [-0.15, -0.1) is 0 Å². The van der Waals surface area contributed by atoms with Crippen LogP contribution in [0.15, 0.2) is 60.8 Å². The highest BCUT2D eigenvalue weighted by Crippen LogP contribution is 2.39. The van der Waals surface area contributed by atoms with Crippen LogP contribution >= 0.6 is 0 Å². The SMILES string of the molecule is O=C(O)c1cccc(Nc2nc(-n3ccc(C4CC4)n3)c3ccccc3n2)c1. The molecule has 0 spiro atoms. The van der Waals surface area contributed by atoms with Crippen molar-refractivity contribution in [3.63, 3.8) is 0 Å². The van der Waals surface area contributed by atoms with Crippen molar-refractivity contribution in [1.29, 1.82) is 0 Å². The summed E-state index contributed by atoms with van der Waals surface area (Å²) in [4.78, 5) is 20.5. The second kappa shape index (κ2) is 6.45. The number of fused-ring (bicyclic) bond motifs is 1. The maximum Gasteiger partial charge on any atom is 0.335 e. The van der Waals surface area contributed by atoms with Crippen LogP contribution in [0.25, 0.3) is 16.7 Å². The van der Waals surface area contributed by atoms with Crippen molar-refractivity contribution in [3.8, 4) is 5.82 Å². The number of anilines is 2. The van der Waals surface area contributed by atoms with E-state index in [0.717, 1.165) is 16.6 Å². The molecule has 7 nitrogen and oxygen atoms in total. The van der Waals surface area contributed by atoms with Crippen LogP contribution in [0.4, 0.5) is 11.6 Å². The topological polar surface area (TPSA) is 92.9 Å². The summed E-state index contributed by atoms with van der Waals surface area (Å²) in [5.74, 6) is 0.660. The number of carboxylic acid groups (broad SMARTS) is 1. The zero-order valence-electron chi connectivity index (χ0n) is 14.9. The molecule has 2 aromatic carbocycles. The van der Waals surface area contributed by atoms with Crippen LogP contribution in [0.3, 0.4) is 0 Å². The Bertz CT molecular complexity index is 1200. The van der Waals surface area contributed by atoms with Crippen molar-refractivity contribution in [2.75, 3.05) is 5.32 Å². The molecule has 4 aromatic rings. The first-order chi connectivity index (χ1) is 13.7. The minimum Gasteiger partial charge on any atom is -0.478 e. The van der Waals surface area contributed by atoms with Gasteiger partial charge < -0.3 is 10.4 Å². The third kappa shape index (κ3) is 3.07. The Morgan fingerprint density at radius 2 is 1.93 bits per heavy atom. The molecule has 2 aromatic heterocycles. The minimum atomic E-state index is -0.979. The number of aromatic nitrogens is 4. The molecule has 28 heavy (non-hydrogen) atoms. The van der Waals surface area contributed by atoms with Crippen LogP contribution in [0, 0.1) is 0 Å². The maximum atomic E-state index is 11.2. The van der Waals surface area contributed by atoms with Crippen LogP contribution in [0.1, 0.15) is 34.8 Å². The number of nitrogens with one attached hydrogen (secondary N) is 1. The molecule has 0 amide bonds. The smallest absolute Gasteiger partial charge is 0.335 e. The molecule has 1 saturated carbocycles. The summed E-state index contributed by atoms with van der Waals surface area (Å²) in [6, 6.07) is 16.4. The van der Waals surface area contributed by atoms with Crippen LogP contribution in [-0.4, -0.2) is 30.8 Å². The van der Waals surface area contributed by atoms with Crippen LogP contribution in [-0.2, 0) is 0 Å². The van der Waals surface area contributed by atoms with E-state index in [1.54, 1.807) is 28.9 Å². The lowest BCUT2D eigenvalue weighted by atomic mass is 10.2. The molecule has 0 unspecified atom stereocenters. The number of hydrogen-bond donors (Lipinski definition) is 2. The van der Waals surface area contributed by atoms with Gasteiger partial charge in [-0.2, -0.15) is 10.1 Å². The molecule has 2 N–H and O–H groups in total. The van der Waals surface area contributed by atoms with E-state index in [0.29, 0.717) is 23.4 Å². The van der Waals surface area contributed by atoms with Crippen molar-refractivity contribution in [2.45, 2.75) is 18.8 Å². The second-order valence-corrected chi connectivity index (χ2v) is 6.86. The lowest BCUT2D eigenvalue weighted by molar-refractivity contribution is 0.0697. The summed E-state index contributed by atoms with van der Waals surface area (Å²) in [7, 11) is 0. The third-order valence-electron chi connectivity index (χ3n) is 4.77. The molecule has 0 atom stereocenters. The number of para-hydroxylation sites is 1. The zero-order chi connectivity index (χ0) is 19.1. The second-order valence-electron chi connectivity index (χ2n) is 6.86. The van der Waals surface area contributed by atoms with E-state index >= 15 is 0 Å². The Hall–Kier alpha value is -3.74. The van der Waals surface area contributed by atoms with Gasteiger partial charge in [0, 0.05) is 23.2 Å². The minimum absolute atomic E-state index is 0.201. The van der Waals surface area contributed by atoms with Gasteiger partial charge in [0.1, 0.15) is 0 Å². The number of nitrogens with zero attached hydrogens (tertiary/aromatic N) is 4. The van der Waals surface area contributed by atoms with Gasteiger partial charge in [0.15, 0.2) is 5.82 Å². The van der Waals surface area contributed by atoms with E-state index in [-0.39, 0.29) is 5.56 Å². The first-order valence-electron chi connectivity index (χ1n) is 9.10. The standard InChI is InChI=1S/C21H17N5O2/c27-20(28)14-4-3-5-15(12-14)22-21-23-18-7-2-1-6-16(18)19(24-21)26-11-10-17(25-26)13-8-9-13/h1-7,10-13H,8-9H2,(H,27,28)(H,22,23,24). The van der Waals surface area contributed by atoms with Gasteiger partial charge in [0.25, 0.3) is 0 Å². The monoisotopic (exact) mass is 371 g/mol. The van der Waals surface area contributed by atoms with Gasteiger partial charge >= 0.3 is 5.97 Å². The lowest BCUT2D eigenvalue weighted by Gasteiger charge is -2.10. The molecule has 5 rings (SSSR count). The average molecular weight is 371 g/mol. The lowest BCUT2D eigenvalue weighted by Crippen LogP contribution is -2.06. The van der Waals surface area contributed by atoms with E-state index in [1.807, 2.05) is 36.5 Å². The number of carboxylic acids is 1. The quantitative estimate of drug-likeness (QED) is 0.548. The summed E-state index contributed by atoms with van der Waals surface area (Å²) in [6.07, 6.45) is 4.31. The molecule has 7 heteroatoms.